The van der Waals surface area contributed by atoms with Gasteiger partial charge in [-0.05, 0) is 18.2 Å². The van der Waals surface area contributed by atoms with Crippen molar-refractivity contribution in [2.45, 2.75) is 6.42 Å². The summed E-state index contributed by atoms with van der Waals surface area (Å²) in [4.78, 5) is 10.3. The molecule has 112 valence electrons. The molecular formula is C9H13N3O6S2. The molecule has 0 aromatic heterocycles. The largest absolute Gasteiger partial charge is 0.481 e. The first-order chi connectivity index (χ1) is 9.07. The molecular weight excluding hydrogens is 310 g/mol. The molecule has 0 fully saturated rings. The third-order valence-corrected chi connectivity index (χ3v) is 3.79. The second kappa shape index (κ2) is 6.07. The lowest BCUT2D eigenvalue weighted by Crippen LogP contribution is -2.22. The van der Waals surface area contributed by atoms with Crippen molar-refractivity contribution in [3.63, 3.8) is 0 Å². The molecule has 1 rings (SSSR count). The summed E-state index contributed by atoms with van der Waals surface area (Å²) in [7, 11) is -7.79. The molecule has 0 unspecified atom stereocenters. The van der Waals surface area contributed by atoms with Gasteiger partial charge < -0.3 is 5.11 Å². The molecule has 0 radical (unpaired) electrons. The van der Waals surface area contributed by atoms with Crippen molar-refractivity contribution in [3.05, 3.63) is 24.3 Å². The first-order valence-electron chi connectivity index (χ1n) is 5.20. The molecule has 0 aliphatic rings. The van der Waals surface area contributed by atoms with Gasteiger partial charge in [0.25, 0.3) is 10.2 Å². The average molecular weight is 323 g/mol. The van der Waals surface area contributed by atoms with Crippen LogP contribution in [0.1, 0.15) is 6.42 Å². The zero-order valence-corrected chi connectivity index (χ0v) is 11.7. The first kappa shape index (κ1) is 16.2. The van der Waals surface area contributed by atoms with Gasteiger partial charge in [-0.3, -0.25) is 14.2 Å². The van der Waals surface area contributed by atoms with Crippen LogP contribution < -0.4 is 14.6 Å². The highest BCUT2D eigenvalue weighted by atomic mass is 32.2. The number of benzene rings is 1. The summed E-state index contributed by atoms with van der Waals surface area (Å²) in [5.74, 6) is -1.82. The molecule has 0 aliphatic heterocycles. The van der Waals surface area contributed by atoms with E-state index in [1.54, 1.807) is 0 Å². The first-order valence-corrected chi connectivity index (χ1v) is 8.40. The van der Waals surface area contributed by atoms with Gasteiger partial charge in [-0.2, -0.15) is 8.42 Å². The number of hydrogen-bond donors (Lipinski definition) is 4. The number of carboxylic acids is 1. The molecule has 0 atom stereocenters. The second-order valence-electron chi connectivity index (χ2n) is 3.79. The Kier molecular flexibility index (Phi) is 4.92. The highest BCUT2D eigenvalue weighted by molar-refractivity contribution is 7.92. The minimum Gasteiger partial charge on any atom is -0.481 e. The Morgan fingerprint density at radius 3 is 2.20 bits per heavy atom. The average Bonchev–Trinajstić information content (AvgIpc) is 2.24. The Balaban J connectivity index is 2.83. The number of hydrogen-bond acceptors (Lipinski definition) is 5. The normalized spacial score (nSPS) is 11.8. The maximum absolute atomic E-state index is 11.6. The Morgan fingerprint density at radius 1 is 1.15 bits per heavy atom. The molecule has 0 spiro atoms. The fourth-order valence-corrected chi connectivity index (χ4v) is 2.75. The third kappa shape index (κ3) is 6.36. The van der Waals surface area contributed by atoms with Crippen molar-refractivity contribution >= 4 is 37.6 Å². The highest BCUT2D eigenvalue weighted by Crippen LogP contribution is 2.17. The van der Waals surface area contributed by atoms with Crippen molar-refractivity contribution in [1.82, 2.24) is 0 Å². The van der Waals surface area contributed by atoms with Gasteiger partial charge in [0.15, 0.2) is 0 Å². The summed E-state index contributed by atoms with van der Waals surface area (Å²) in [6.45, 7) is 0. The monoisotopic (exact) mass is 323 g/mol. The number of carbonyl (C=O) groups is 1. The van der Waals surface area contributed by atoms with E-state index in [9.17, 15) is 21.6 Å². The molecule has 5 N–H and O–H groups in total. The zero-order valence-electron chi connectivity index (χ0n) is 10.1. The van der Waals surface area contributed by atoms with Crippen LogP contribution in [0.2, 0.25) is 0 Å². The van der Waals surface area contributed by atoms with Crippen molar-refractivity contribution in [3.8, 4) is 0 Å². The van der Waals surface area contributed by atoms with Crippen molar-refractivity contribution < 1.29 is 26.7 Å². The predicted molar refractivity (Wildman–Crippen MR) is 72.8 cm³/mol. The fraction of sp³-hybridized carbons (Fsp3) is 0.222. The van der Waals surface area contributed by atoms with Gasteiger partial charge in [0.1, 0.15) is 0 Å². The van der Waals surface area contributed by atoms with Crippen LogP contribution in [0.5, 0.6) is 0 Å². The van der Waals surface area contributed by atoms with Gasteiger partial charge in [-0.25, -0.2) is 13.6 Å². The van der Waals surface area contributed by atoms with E-state index >= 15 is 0 Å². The quantitative estimate of drug-likeness (QED) is 0.531. The molecule has 11 heteroatoms. The van der Waals surface area contributed by atoms with Crippen LogP contribution in [-0.2, 0) is 25.0 Å². The molecule has 0 aliphatic carbocycles. The molecule has 0 heterocycles. The number of carboxylic acid groups (broad SMARTS) is 1. The van der Waals surface area contributed by atoms with E-state index in [4.69, 9.17) is 10.2 Å². The molecule has 1 aromatic carbocycles. The summed E-state index contributed by atoms with van der Waals surface area (Å²) >= 11 is 0. The molecule has 0 saturated heterocycles. The lowest BCUT2D eigenvalue weighted by molar-refractivity contribution is -0.136. The van der Waals surface area contributed by atoms with Crippen molar-refractivity contribution in [2.75, 3.05) is 15.2 Å². The second-order valence-corrected chi connectivity index (χ2v) is 6.93. The van der Waals surface area contributed by atoms with Crippen molar-refractivity contribution in [2.24, 2.45) is 5.14 Å². The van der Waals surface area contributed by atoms with Gasteiger partial charge in [-0.15, -0.1) is 0 Å². The Morgan fingerprint density at radius 2 is 1.70 bits per heavy atom. The van der Waals surface area contributed by atoms with Crippen LogP contribution in [-0.4, -0.2) is 33.7 Å². The van der Waals surface area contributed by atoms with Gasteiger partial charge in [0.05, 0.1) is 23.5 Å². The smallest absolute Gasteiger partial charge is 0.304 e. The van der Waals surface area contributed by atoms with E-state index in [-0.39, 0.29) is 11.4 Å². The highest BCUT2D eigenvalue weighted by Gasteiger charge is 2.13. The molecule has 1 aromatic rings. The number of nitrogens with one attached hydrogen (secondary N) is 2. The minimum absolute atomic E-state index is 0.0749. The number of aliphatic carboxylic acids is 1. The summed E-state index contributed by atoms with van der Waals surface area (Å²) < 4.78 is 48.9. The third-order valence-electron chi connectivity index (χ3n) is 1.98. The number of sulfonamides is 1. The lowest BCUT2D eigenvalue weighted by atomic mass is 10.3. The Bertz CT molecular complexity index is 698. The van der Waals surface area contributed by atoms with Gasteiger partial charge in [-0.1, -0.05) is 6.07 Å². The Hall–Kier alpha value is -1.85. The summed E-state index contributed by atoms with van der Waals surface area (Å²) in [5, 5.41) is 13.2. The van der Waals surface area contributed by atoms with Crippen molar-refractivity contribution in [1.29, 1.82) is 0 Å². The van der Waals surface area contributed by atoms with E-state index < -0.39 is 38.4 Å². The topological polar surface area (TPSA) is 156 Å². The van der Waals surface area contributed by atoms with Crippen LogP contribution in [0.4, 0.5) is 11.4 Å². The fourth-order valence-electron chi connectivity index (χ4n) is 1.26. The maximum Gasteiger partial charge on any atom is 0.304 e. The van der Waals surface area contributed by atoms with E-state index in [0.717, 1.165) is 0 Å². The van der Waals surface area contributed by atoms with Crippen LogP contribution >= 0.6 is 0 Å². The van der Waals surface area contributed by atoms with Crippen LogP contribution in [0.25, 0.3) is 0 Å². The van der Waals surface area contributed by atoms with E-state index in [1.165, 1.54) is 24.3 Å². The maximum atomic E-state index is 11.6. The van der Waals surface area contributed by atoms with E-state index in [2.05, 4.69) is 4.72 Å². The lowest BCUT2D eigenvalue weighted by Gasteiger charge is -2.09. The molecule has 0 amide bonds. The van der Waals surface area contributed by atoms with Crippen LogP contribution in [0.3, 0.4) is 0 Å². The van der Waals surface area contributed by atoms with Gasteiger partial charge in [0, 0.05) is 0 Å². The predicted octanol–water partition coefficient (Wildman–Crippen LogP) is -0.482. The summed E-state index contributed by atoms with van der Waals surface area (Å²) in [6.07, 6.45) is -0.537. The standard InChI is InChI=1S/C9H13N3O6S2/c10-20(17,18)12-8-3-1-2-7(6-8)11-19(15,16)5-4-9(13)14/h1-3,6,11-12H,4-5H2,(H,13,14)(H2,10,17,18). The van der Waals surface area contributed by atoms with Crippen LogP contribution in [0.15, 0.2) is 24.3 Å². The zero-order chi connectivity index (χ0) is 15.4. The minimum atomic E-state index is -3.96. The molecule has 20 heavy (non-hydrogen) atoms. The van der Waals surface area contributed by atoms with Crippen LogP contribution in [0, 0.1) is 0 Å². The summed E-state index contributed by atoms with van der Waals surface area (Å²) in [5.41, 5.74) is 0.162. The number of rotatable bonds is 7. The van der Waals surface area contributed by atoms with Gasteiger partial charge in [0.2, 0.25) is 10.0 Å². The van der Waals surface area contributed by atoms with E-state index in [0.29, 0.717) is 0 Å². The Labute approximate surface area is 116 Å². The molecule has 0 bridgehead atoms. The summed E-state index contributed by atoms with van der Waals surface area (Å²) in [6, 6.07) is 5.37. The SMILES string of the molecule is NS(=O)(=O)Nc1cccc(NS(=O)(=O)CCC(=O)O)c1. The van der Waals surface area contributed by atoms with E-state index in [1.807, 2.05) is 4.72 Å². The molecule has 0 saturated carbocycles. The number of nitrogens with two attached hydrogens (primary N) is 1. The molecule has 9 nitrogen and oxygen atoms in total. The van der Waals surface area contributed by atoms with Gasteiger partial charge >= 0.3 is 5.97 Å². The number of anilines is 2.